The van der Waals surface area contributed by atoms with Gasteiger partial charge in [0.25, 0.3) is 0 Å². The molecule has 0 N–H and O–H groups in total. The number of nitrogens with zero attached hydrogens (tertiary/aromatic N) is 3. The molecule has 2 aromatic heterocycles. The van der Waals surface area contributed by atoms with Gasteiger partial charge in [0.1, 0.15) is 5.69 Å². The molecule has 3 aromatic rings. The summed E-state index contributed by atoms with van der Waals surface area (Å²) in [5.41, 5.74) is 3.01. The van der Waals surface area contributed by atoms with Gasteiger partial charge in [-0.15, -0.1) is 0 Å². The minimum absolute atomic E-state index is 0.756. The SMILES string of the molecule is Brc1cccc(Cn2ccc(-c3ccccn3)n2)c1. The van der Waals surface area contributed by atoms with Crippen molar-refractivity contribution in [3.05, 3.63) is 71.0 Å². The van der Waals surface area contributed by atoms with Crippen molar-refractivity contribution in [2.75, 3.05) is 0 Å². The highest BCUT2D eigenvalue weighted by Gasteiger charge is 2.03. The highest BCUT2D eigenvalue weighted by Crippen LogP contribution is 2.15. The Balaban J connectivity index is 1.82. The average molecular weight is 314 g/mol. The highest BCUT2D eigenvalue weighted by atomic mass is 79.9. The molecule has 19 heavy (non-hydrogen) atoms. The van der Waals surface area contributed by atoms with E-state index in [1.54, 1.807) is 6.20 Å². The Labute approximate surface area is 120 Å². The van der Waals surface area contributed by atoms with Gasteiger partial charge in [0.2, 0.25) is 0 Å². The fourth-order valence-electron chi connectivity index (χ4n) is 1.92. The van der Waals surface area contributed by atoms with E-state index in [4.69, 9.17) is 0 Å². The topological polar surface area (TPSA) is 30.7 Å². The Morgan fingerprint density at radius 2 is 1.95 bits per heavy atom. The molecule has 1 aromatic carbocycles. The molecule has 3 nitrogen and oxygen atoms in total. The minimum atomic E-state index is 0.756. The summed E-state index contributed by atoms with van der Waals surface area (Å²) in [6, 6.07) is 16.1. The molecular weight excluding hydrogens is 302 g/mol. The van der Waals surface area contributed by atoms with Crippen LogP contribution in [0.15, 0.2) is 65.4 Å². The lowest BCUT2D eigenvalue weighted by molar-refractivity contribution is 0.688. The Morgan fingerprint density at radius 3 is 2.74 bits per heavy atom. The van der Waals surface area contributed by atoms with Gasteiger partial charge in [-0.2, -0.15) is 5.10 Å². The molecule has 0 amide bonds. The van der Waals surface area contributed by atoms with Crippen LogP contribution in [0.5, 0.6) is 0 Å². The van der Waals surface area contributed by atoms with Crippen LogP contribution >= 0.6 is 15.9 Å². The van der Waals surface area contributed by atoms with E-state index in [-0.39, 0.29) is 0 Å². The Morgan fingerprint density at radius 1 is 1.00 bits per heavy atom. The molecule has 3 rings (SSSR count). The van der Waals surface area contributed by atoms with Crippen molar-refractivity contribution >= 4 is 15.9 Å². The summed E-state index contributed by atoms with van der Waals surface area (Å²) < 4.78 is 3.01. The number of rotatable bonds is 3. The van der Waals surface area contributed by atoms with Crippen LogP contribution in [0.2, 0.25) is 0 Å². The molecule has 94 valence electrons. The third-order valence-corrected chi connectivity index (χ3v) is 3.29. The Hall–Kier alpha value is -1.94. The van der Waals surface area contributed by atoms with Crippen LogP contribution in [0.1, 0.15) is 5.56 Å². The molecule has 4 heteroatoms. The van der Waals surface area contributed by atoms with Crippen LogP contribution in [0, 0.1) is 0 Å². The van der Waals surface area contributed by atoms with Gasteiger partial charge in [0.15, 0.2) is 0 Å². The van der Waals surface area contributed by atoms with E-state index >= 15 is 0 Å². The van der Waals surface area contributed by atoms with E-state index < -0.39 is 0 Å². The van der Waals surface area contributed by atoms with Gasteiger partial charge in [-0.05, 0) is 35.9 Å². The maximum Gasteiger partial charge on any atom is 0.111 e. The van der Waals surface area contributed by atoms with Crippen LogP contribution in [-0.2, 0) is 6.54 Å². The van der Waals surface area contributed by atoms with Crippen molar-refractivity contribution < 1.29 is 0 Å². The Kier molecular flexibility index (Phi) is 3.42. The van der Waals surface area contributed by atoms with Gasteiger partial charge in [0.05, 0.1) is 12.2 Å². The normalized spacial score (nSPS) is 10.6. The van der Waals surface area contributed by atoms with E-state index in [1.165, 1.54) is 5.56 Å². The predicted molar refractivity (Wildman–Crippen MR) is 78.7 cm³/mol. The quantitative estimate of drug-likeness (QED) is 0.737. The fraction of sp³-hybridized carbons (Fsp3) is 0.0667. The zero-order valence-corrected chi connectivity index (χ0v) is 11.8. The summed E-state index contributed by atoms with van der Waals surface area (Å²) in [4.78, 5) is 4.30. The lowest BCUT2D eigenvalue weighted by Crippen LogP contribution is -2.00. The van der Waals surface area contributed by atoms with Crippen LogP contribution in [0.3, 0.4) is 0 Å². The van der Waals surface area contributed by atoms with Crippen molar-refractivity contribution in [1.29, 1.82) is 0 Å². The molecule has 0 aliphatic rings. The number of hydrogen-bond acceptors (Lipinski definition) is 2. The molecule has 0 bridgehead atoms. The lowest BCUT2D eigenvalue weighted by Gasteiger charge is -2.02. The molecule has 0 atom stereocenters. The fourth-order valence-corrected chi connectivity index (χ4v) is 2.37. The minimum Gasteiger partial charge on any atom is -0.268 e. The molecule has 0 unspecified atom stereocenters. The van der Waals surface area contributed by atoms with Crippen LogP contribution in [0.4, 0.5) is 0 Å². The zero-order valence-electron chi connectivity index (χ0n) is 10.2. The molecule has 0 spiro atoms. The van der Waals surface area contributed by atoms with Gasteiger partial charge in [-0.3, -0.25) is 9.67 Å². The van der Waals surface area contributed by atoms with Crippen molar-refractivity contribution in [2.45, 2.75) is 6.54 Å². The van der Waals surface area contributed by atoms with Crippen LogP contribution in [0.25, 0.3) is 11.4 Å². The van der Waals surface area contributed by atoms with Crippen molar-refractivity contribution in [1.82, 2.24) is 14.8 Å². The second-order valence-corrected chi connectivity index (χ2v) is 5.16. The van der Waals surface area contributed by atoms with Crippen molar-refractivity contribution in [2.24, 2.45) is 0 Å². The van der Waals surface area contributed by atoms with Gasteiger partial charge < -0.3 is 0 Å². The van der Waals surface area contributed by atoms with Gasteiger partial charge >= 0.3 is 0 Å². The monoisotopic (exact) mass is 313 g/mol. The van der Waals surface area contributed by atoms with Gasteiger partial charge in [-0.25, -0.2) is 0 Å². The average Bonchev–Trinajstić information content (AvgIpc) is 2.88. The van der Waals surface area contributed by atoms with Gasteiger partial charge in [-0.1, -0.05) is 34.1 Å². The smallest absolute Gasteiger partial charge is 0.111 e. The molecule has 0 saturated carbocycles. The third kappa shape index (κ3) is 2.90. The maximum atomic E-state index is 4.54. The number of pyridine rings is 1. The molecule has 0 radical (unpaired) electrons. The molecule has 0 aliphatic heterocycles. The van der Waals surface area contributed by atoms with E-state index in [2.05, 4.69) is 38.1 Å². The summed E-state index contributed by atoms with van der Waals surface area (Å²) in [5.74, 6) is 0. The van der Waals surface area contributed by atoms with Crippen molar-refractivity contribution in [3.8, 4) is 11.4 Å². The molecule has 2 heterocycles. The summed E-state index contributed by atoms with van der Waals surface area (Å²) in [5, 5.41) is 4.54. The largest absolute Gasteiger partial charge is 0.268 e. The third-order valence-electron chi connectivity index (χ3n) is 2.80. The molecule has 0 aliphatic carbocycles. The first-order valence-corrected chi connectivity index (χ1v) is 6.80. The van der Waals surface area contributed by atoms with Crippen molar-refractivity contribution in [3.63, 3.8) is 0 Å². The first-order valence-electron chi connectivity index (χ1n) is 6.00. The summed E-state index contributed by atoms with van der Waals surface area (Å²) in [6.45, 7) is 0.756. The number of benzene rings is 1. The number of halogens is 1. The standard InChI is InChI=1S/C15H12BrN3/c16-13-5-3-4-12(10-13)11-19-9-7-15(18-19)14-6-1-2-8-17-14/h1-10H,11H2. The Bertz CT molecular complexity index is 677. The second kappa shape index (κ2) is 5.36. The van der Waals surface area contributed by atoms with Crippen LogP contribution < -0.4 is 0 Å². The van der Waals surface area contributed by atoms with E-state index in [0.717, 1.165) is 22.4 Å². The molecule has 0 fully saturated rings. The summed E-state index contributed by atoms with van der Waals surface area (Å²) in [7, 11) is 0. The van der Waals surface area contributed by atoms with E-state index in [1.807, 2.05) is 47.3 Å². The summed E-state index contributed by atoms with van der Waals surface area (Å²) >= 11 is 3.48. The summed E-state index contributed by atoms with van der Waals surface area (Å²) in [6.07, 6.45) is 3.76. The lowest BCUT2D eigenvalue weighted by atomic mass is 10.2. The van der Waals surface area contributed by atoms with E-state index in [0.29, 0.717) is 0 Å². The van der Waals surface area contributed by atoms with E-state index in [9.17, 15) is 0 Å². The van der Waals surface area contributed by atoms with Gasteiger partial charge in [0, 0.05) is 16.9 Å². The predicted octanol–water partition coefficient (Wildman–Crippen LogP) is 3.76. The first kappa shape index (κ1) is 12.1. The molecule has 0 saturated heterocycles. The zero-order chi connectivity index (χ0) is 13.1. The maximum absolute atomic E-state index is 4.54. The first-order chi connectivity index (χ1) is 9.31. The highest BCUT2D eigenvalue weighted by molar-refractivity contribution is 9.10. The number of hydrogen-bond donors (Lipinski definition) is 0. The molecular formula is C15H12BrN3. The van der Waals surface area contributed by atoms with Crippen LogP contribution in [-0.4, -0.2) is 14.8 Å². The second-order valence-electron chi connectivity index (χ2n) is 4.24. The number of aromatic nitrogens is 3.